The maximum Gasteiger partial charge on any atom is 0.262 e. The molecule has 0 aliphatic carbocycles. The molecular weight excluding hydrogens is 250 g/mol. The molecule has 4 N–H and O–H groups in total. The Kier molecular flexibility index (Phi) is 5.66. The lowest BCUT2D eigenvalue weighted by molar-refractivity contribution is -0.116. The number of rotatable bonds is 4. The monoisotopic (exact) mass is 265 g/mol. The Labute approximate surface area is 111 Å². The lowest BCUT2D eigenvalue weighted by Gasteiger charge is -2.04. The highest BCUT2D eigenvalue weighted by Gasteiger charge is 1.96. The average molecular weight is 265 g/mol. The molecule has 18 heavy (non-hydrogen) atoms. The van der Waals surface area contributed by atoms with Gasteiger partial charge in [-0.3, -0.25) is 15.6 Å². The van der Waals surface area contributed by atoms with Crippen LogP contribution in [0.1, 0.15) is 12.5 Å². The van der Waals surface area contributed by atoms with Crippen molar-refractivity contribution in [2.45, 2.75) is 6.92 Å². The van der Waals surface area contributed by atoms with E-state index in [2.05, 4.69) is 23.1 Å². The summed E-state index contributed by atoms with van der Waals surface area (Å²) in [7, 11) is 0. The molecule has 0 unspecified atom stereocenters. The zero-order valence-electron chi connectivity index (χ0n) is 9.97. The number of carbonyl (C=O) groups excluding carboxylic acids is 1. The van der Waals surface area contributed by atoms with Crippen molar-refractivity contribution in [3.63, 3.8) is 0 Å². The minimum Gasteiger partial charge on any atom is -0.494 e. The van der Waals surface area contributed by atoms with Crippen LogP contribution in [0.4, 0.5) is 0 Å². The molecule has 1 rings (SSSR count). The average Bonchev–Trinajstić information content (AvgIpc) is 2.35. The van der Waals surface area contributed by atoms with Crippen molar-refractivity contribution in [1.29, 1.82) is 0 Å². The van der Waals surface area contributed by atoms with E-state index in [1.54, 1.807) is 6.08 Å². The van der Waals surface area contributed by atoms with Crippen LogP contribution in [0.25, 0.3) is 6.08 Å². The highest BCUT2D eigenvalue weighted by molar-refractivity contribution is 7.80. The van der Waals surface area contributed by atoms with Crippen LogP contribution in [0.2, 0.25) is 0 Å². The number of thiocarbonyl (C=S) groups is 1. The van der Waals surface area contributed by atoms with Crippen LogP contribution in [0, 0.1) is 0 Å². The van der Waals surface area contributed by atoms with Gasteiger partial charge < -0.3 is 10.5 Å². The second-order valence-corrected chi connectivity index (χ2v) is 3.76. The van der Waals surface area contributed by atoms with Crippen LogP contribution in [-0.2, 0) is 4.79 Å². The Balaban J connectivity index is 2.57. The number of nitrogens with one attached hydrogen (secondary N) is 2. The fourth-order valence-corrected chi connectivity index (χ4v) is 1.26. The van der Waals surface area contributed by atoms with Gasteiger partial charge in [0, 0.05) is 6.08 Å². The van der Waals surface area contributed by atoms with Crippen LogP contribution < -0.4 is 21.3 Å². The molecule has 0 bridgehead atoms. The predicted molar refractivity (Wildman–Crippen MR) is 74.7 cm³/mol. The van der Waals surface area contributed by atoms with E-state index in [9.17, 15) is 4.79 Å². The summed E-state index contributed by atoms with van der Waals surface area (Å²) in [4.78, 5) is 11.3. The number of carbonyl (C=O) groups is 1. The maximum absolute atomic E-state index is 11.3. The third-order valence-corrected chi connectivity index (χ3v) is 2.01. The molecule has 96 valence electrons. The van der Waals surface area contributed by atoms with Crippen molar-refractivity contribution < 1.29 is 9.53 Å². The van der Waals surface area contributed by atoms with Crippen molar-refractivity contribution in [3.05, 3.63) is 35.9 Å². The quantitative estimate of drug-likeness (QED) is 0.429. The van der Waals surface area contributed by atoms with E-state index in [4.69, 9.17) is 10.5 Å². The van der Waals surface area contributed by atoms with Gasteiger partial charge in [0.1, 0.15) is 5.75 Å². The maximum atomic E-state index is 11.3. The fraction of sp³-hybridized carbons (Fsp3) is 0.167. The summed E-state index contributed by atoms with van der Waals surface area (Å²) in [5, 5.41) is 0.00935. The van der Waals surface area contributed by atoms with Gasteiger partial charge in [0.15, 0.2) is 5.11 Å². The zero-order valence-corrected chi connectivity index (χ0v) is 10.8. The van der Waals surface area contributed by atoms with Gasteiger partial charge in [-0.2, -0.15) is 0 Å². The molecule has 1 aromatic rings. The normalized spacial score (nSPS) is 10.1. The van der Waals surface area contributed by atoms with Crippen molar-refractivity contribution in [2.24, 2.45) is 5.73 Å². The Morgan fingerprint density at radius 1 is 1.50 bits per heavy atom. The summed E-state index contributed by atoms with van der Waals surface area (Å²) < 4.78 is 5.35. The second-order valence-electron chi connectivity index (χ2n) is 3.32. The first-order valence-corrected chi connectivity index (χ1v) is 5.79. The van der Waals surface area contributed by atoms with Gasteiger partial charge in [-0.1, -0.05) is 12.1 Å². The predicted octanol–water partition coefficient (Wildman–Crippen LogP) is 0.963. The van der Waals surface area contributed by atoms with Crippen molar-refractivity contribution in [3.8, 4) is 5.75 Å². The van der Waals surface area contributed by atoms with E-state index in [1.165, 1.54) is 6.08 Å². The van der Waals surface area contributed by atoms with E-state index in [-0.39, 0.29) is 11.0 Å². The first-order chi connectivity index (χ1) is 8.61. The zero-order chi connectivity index (χ0) is 13.4. The second kappa shape index (κ2) is 7.29. The van der Waals surface area contributed by atoms with E-state index < -0.39 is 0 Å². The van der Waals surface area contributed by atoms with Crippen LogP contribution in [0.15, 0.2) is 30.3 Å². The summed E-state index contributed by atoms with van der Waals surface area (Å²) in [5.74, 6) is 0.422. The highest BCUT2D eigenvalue weighted by Crippen LogP contribution is 2.14. The molecule has 0 aliphatic heterocycles. The summed E-state index contributed by atoms with van der Waals surface area (Å²) >= 11 is 4.55. The molecule has 0 aromatic heterocycles. The van der Waals surface area contributed by atoms with Crippen molar-refractivity contribution in [2.75, 3.05) is 6.61 Å². The van der Waals surface area contributed by atoms with Gasteiger partial charge >= 0.3 is 0 Å². The van der Waals surface area contributed by atoms with Gasteiger partial charge in [0.05, 0.1) is 6.61 Å². The number of ether oxygens (including phenoxy) is 1. The van der Waals surface area contributed by atoms with Crippen LogP contribution >= 0.6 is 12.2 Å². The Bertz CT molecular complexity index is 460. The molecule has 0 atom stereocenters. The lowest BCUT2D eigenvalue weighted by atomic mass is 10.2. The van der Waals surface area contributed by atoms with Gasteiger partial charge in [-0.15, -0.1) is 0 Å². The first kappa shape index (κ1) is 14.0. The minimum atomic E-state index is -0.343. The Hall–Kier alpha value is -2.08. The fourth-order valence-electron chi connectivity index (χ4n) is 1.21. The van der Waals surface area contributed by atoms with Crippen molar-refractivity contribution in [1.82, 2.24) is 10.9 Å². The standard InChI is InChI=1S/C12H15N3O2S/c1-2-17-10-5-3-4-9(8-10)6-7-11(16)14-15-12(13)18/h3-8H,2H2,1H3,(H,14,16)(H3,13,15,18)/b7-6+. The third-order valence-electron chi connectivity index (χ3n) is 1.91. The molecule has 0 heterocycles. The summed E-state index contributed by atoms with van der Waals surface area (Å²) in [6, 6.07) is 7.42. The highest BCUT2D eigenvalue weighted by atomic mass is 32.1. The smallest absolute Gasteiger partial charge is 0.262 e. The Morgan fingerprint density at radius 2 is 2.28 bits per heavy atom. The molecule has 6 heteroatoms. The van der Waals surface area contributed by atoms with Crippen LogP contribution in [-0.4, -0.2) is 17.6 Å². The van der Waals surface area contributed by atoms with Gasteiger partial charge in [-0.05, 0) is 42.9 Å². The van der Waals surface area contributed by atoms with E-state index in [0.717, 1.165) is 11.3 Å². The number of hydrogen-bond donors (Lipinski definition) is 3. The number of hydrogen-bond acceptors (Lipinski definition) is 3. The number of amides is 1. The number of hydrazine groups is 1. The molecule has 0 aliphatic rings. The first-order valence-electron chi connectivity index (χ1n) is 5.38. The molecule has 0 saturated carbocycles. The summed E-state index contributed by atoms with van der Waals surface area (Å²) in [6.45, 7) is 2.52. The molecule has 0 spiro atoms. The van der Waals surface area contributed by atoms with Gasteiger partial charge in [0.2, 0.25) is 0 Å². The van der Waals surface area contributed by atoms with E-state index in [1.807, 2.05) is 31.2 Å². The molecule has 0 saturated heterocycles. The van der Waals surface area contributed by atoms with Gasteiger partial charge in [-0.25, -0.2) is 0 Å². The van der Waals surface area contributed by atoms with Crippen LogP contribution in [0.5, 0.6) is 5.75 Å². The molecule has 5 nitrogen and oxygen atoms in total. The lowest BCUT2D eigenvalue weighted by Crippen LogP contribution is -2.43. The Morgan fingerprint density at radius 3 is 2.94 bits per heavy atom. The molecule has 1 aromatic carbocycles. The van der Waals surface area contributed by atoms with E-state index in [0.29, 0.717) is 6.61 Å². The minimum absolute atomic E-state index is 0.00935. The summed E-state index contributed by atoms with van der Waals surface area (Å²) in [6.07, 6.45) is 3.04. The van der Waals surface area contributed by atoms with E-state index >= 15 is 0 Å². The summed E-state index contributed by atoms with van der Waals surface area (Å²) in [5.41, 5.74) is 10.7. The number of nitrogens with two attached hydrogens (primary N) is 1. The van der Waals surface area contributed by atoms with Crippen LogP contribution in [0.3, 0.4) is 0 Å². The molecule has 1 amide bonds. The van der Waals surface area contributed by atoms with Gasteiger partial charge in [0.25, 0.3) is 5.91 Å². The third kappa shape index (κ3) is 5.31. The molecule has 0 radical (unpaired) electrons. The number of benzene rings is 1. The SMILES string of the molecule is CCOc1cccc(/C=C/C(=O)NNC(N)=S)c1. The largest absolute Gasteiger partial charge is 0.494 e. The topological polar surface area (TPSA) is 76.4 Å². The molecular formula is C12H15N3O2S. The molecule has 0 fully saturated rings. The van der Waals surface area contributed by atoms with Crippen molar-refractivity contribution >= 4 is 29.3 Å².